The number of halogens is 2. The summed E-state index contributed by atoms with van der Waals surface area (Å²) in [6.45, 7) is -0.613. The van der Waals surface area contributed by atoms with Crippen LogP contribution in [0.25, 0.3) is 0 Å². The molecule has 0 bridgehead atoms. The second-order valence-corrected chi connectivity index (χ2v) is 6.56. The topological polar surface area (TPSA) is 130 Å². The number of nitro benzene ring substituents is 2. The third kappa shape index (κ3) is 4.49. The van der Waals surface area contributed by atoms with E-state index in [1.165, 1.54) is 12.1 Å². The molecule has 0 fully saturated rings. The minimum absolute atomic E-state index is 0.300. The fourth-order valence-electron chi connectivity index (χ4n) is 1.91. The van der Waals surface area contributed by atoms with Gasteiger partial charge in [0.25, 0.3) is 11.4 Å². The number of rotatable bonds is 6. The highest BCUT2D eigenvalue weighted by Crippen LogP contribution is 2.35. The number of nitrogens with zero attached hydrogens (tertiary/aromatic N) is 2. The van der Waals surface area contributed by atoms with E-state index in [1.807, 2.05) is 0 Å². The van der Waals surface area contributed by atoms with Gasteiger partial charge in [0, 0.05) is 22.2 Å². The Morgan fingerprint density at radius 1 is 0.923 bits per heavy atom. The number of Topliss-reactive ketones (excluding diaryl/α,β-unsaturated/α-hetero) is 1. The van der Waals surface area contributed by atoms with E-state index in [4.69, 9.17) is 4.74 Å². The molecule has 0 radical (unpaired) electrons. The molecule has 2 aromatic carbocycles. The highest BCUT2D eigenvalue weighted by atomic mass is 79.9. The van der Waals surface area contributed by atoms with Gasteiger partial charge >= 0.3 is 5.97 Å². The lowest BCUT2D eigenvalue weighted by Crippen LogP contribution is -2.14. The van der Waals surface area contributed by atoms with Crippen LogP contribution in [0.3, 0.4) is 0 Å². The van der Waals surface area contributed by atoms with Gasteiger partial charge in [0.1, 0.15) is 0 Å². The van der Waals surface area contributed by atoms with Gasteiger partial charge in [-0.1, -0.05) is 28.1 Å². The zero-order chi connectivity index (χ0) is 19.4. The number of carbonyl (C=O) groups is 2. The van der Waals surface area contributed by atoms with Gasteiger partial charge in [-0.3, -0.25) is 25.0 Å². The quantitative estimate of drug-likeness (QED) is 0.260. The summed E-state index contributed by atoms with van der Waals surface area (Å²) in [7, 11) is 0. The average Bonchev–Trinajstić information content (AvgIpc) is 2.59. The molecule has 0 saturated heterocycles. The standard InChI is InChI=1S/C15H8Br2N2O7/c16-10-3-1-8(2-4-10)13(20)7-26-15(21)9-5-11(18(22)23)14(17)12(6-9)19(24)25/h1-6H,7H2. The van der Waals surface area contributed by atoms with Crippen molar-refractivity contribution in [2.24, 2.45) is 0 Å². The Labute approximate surface area is 162 Å². The molecule has 9 nitrogen and oxygen atoms in total. The van der Waals surface area contributed by atoms with Gasteiger partial charge in [0.2, 0.25) is 0 Å². The summed E-state index contributed by atoms with van der Waals surface area (Å²) in [6.07, 6.45) is 0. The number of ether oxygens (including phenoxy) is 1. The van der Waals surface area contributed by atoms with E-state index >= 15 is 0 Å². The van der Waals surface area contributed by atoms with Gasteiger partial charge in [-0.2, -0.15) is 0 Å². The first kappa shape index (κ1) is 19.7. The van der Waals surface area contributed by atoms with Crippen LogP contribution in [-0.2, 0) is 4.74 Å². The number of esters is 1. The van der Waals surface area contributed by atoms with E-state index < -0.39 is 45.1 Å². The smallest absolute Gasteiger partial charge is 0.339 e. The van der Waals surface area contributed by atoms with E-state index in [0.717, 1.165) is 16.6 Å². The second-order valence-electron chi connectivity index (χ2n) is 4.85. The van der Waals surface area contributed by atoms with Crippen LogP contribution in [-0.4, -0.2) is 28.2 Å². The maximum atomic E-state index is 12.1. The number of ketones is 1. The molecular weight excluding hydrogens is 480 g/mol. The Hall–Kier alpha value is -2.66. The monoisotopic (exact) mass is 486 g/mol. The lowest BCUT2D eigenvalue weighted by molar-refractivity contribution is -0.395. The van der Waals surface area contributed by atoms with Crippen molar-refractivity contribution in [2.75, 3.05) is 6.61 Å². The Bertz CT molecular complexity index is 878. The van der Waals surface area contributed by atoms with E-state index in [0.29, 0.717) is 5.56 Å². The van der Waals surface area contributed by atoms with E-state index in [2.05, 4.69) is 31.9 Å². The highest BCUT2D eigenvalue weighted by molar-refractivity contribution is 9.11. The fraction of sp³-hybridized carbons (Fsp3) is 0.0667. The number of hydrogen-bond donors (Lipinski definition) is 0. The first-order chi connectivity index (χ1) is 12.2. The zero-order valence-corrected chi connectivity index (χ0v) is 15.9. The molecule has 0 aliphatic heterocycles. The van der Waals surface area contributed by atoms with Crippen molar-refractivity contribution in [2.45, 2.75) is 0 Å². The molecule has 0 aliphatic rings. The molecule has 0 saturated carbocycles. The van der Waals surface area contributed by atoms with Crippen molar-refractivity contribution in [3.63, 3.8) is 0 Å². The molecule has 0 aliphatic carbocycles. The summed E-state index contributed by atoms with van der Waals surface area (Å²) in [5.74, 6) is -1.58. The number of benzene rings is 2. The second kappa shape index (κ2) is 8.15. The summed E-state index contributed by atoms with van der Waals surface area (Å²) in [6, 6.07) is 7.99. The van der Waals surface area contributed by atoms with Crippen LogP contribution < -0.4 is 0 Å². The number of nitro groups is 2. The molecule has 0 N–H and O–H groups in total. The summed E-state index contributed by atoms with van der Waals surface area (Å²) in [4.78, 5) is 44.3. The highest BCUT2D eigenvalue weighted by Gasteiger charge is 2.27. The maximum Gasteiger partial charge on any atom is 0.339 e. The van der Waals surface area contributed by atoms with Crippen LogP contribution >= 0.6 is 31.9 Å². The number of hydrogen-bond acceptors (Lipinski definition) is 7. The normalized spacial score (nSPS) is 10.2. The molecule has 0 atom stereocenters. The van der Waals surface area contributed by atoms with Gasteiger partial charge in [-0.05, 0) is 28.1 Å². The van der Waals surface area contributed by atoms with Crippen molar-refractivity contribution in [1.29, 1.82) is 0 Å². The largest absolute Gasteiger partial charge is 0.454 e. The lowest BCUT2D eigenvalue weighted by Gasteiger charge is -2.06. The van der Waals surface area contributed by atoms with Gasteiger partial charge in [-0.25, -0.2) is 4.79 Å². The fourth-order valence-corrected chi connectivity index (χ4v) is 2.69. The first-order valence-corrected chi connectivity index (χ1v) is 8.37. The van der Waals surface area contributed by atoms with Gasteiger partial charge in [0.15, 0.2) is 16.9 Å². The van der Waals surface area contributed by atoms with Crippen LogP contribution in [0.5, 0.6) is 0 Å². The SMILES string of the molecule is O=C(COC(=O)c1cc([N+](=O)[O-])c(Br)c([N+](=O)[O-])c1)c1ccc(Br)cc1. The molecule has 11 heteroatoms. The maximum absolute atomic E-state index is 12.1. The Balaban J connectivity index is 2.21. The molecule has 134 valence electrons. The van der Waals surface area contributed by atoms with Crippen molar-refractivity contribution >= 4 is 55.0 Å². The lowest BCUT2D eigenvalue weighted by atomic mass is 10.1. The Morgan fingerprint density at radius 3 is 1.88 bits per heavy atom. The van der Waals surface area contributed by atoms with Gasteiger partial charge in [-0.15, -0.1) is 0 Å². The van der Waals surface area contributed by atoms with Crippen molar-refractivity contribution in [3.8, 4) is 0 Å². The zero-order valence-electron chi connectivity index (χ0n) is 12.7. The summed E-state index contributed by atoms with van der Waals surface area (Å²) in [5, 5.41) is 22.0. The Morgan fingerprint density at radius 2 is 1.42 bits per heavy atom. The van der Waals surface area contributed by atoms with Crippen LogP contribution in [0, 0.1) is 20.2 Å². The number of carbonyl (C=O) groups excluding carboxylic acids is 2. The minimum Gasteiger partial charge on any atom is -0.454 e. The molecule has 2 rings (SSSR count). The average molecular weight is 488 g/mol. The predicted octanol–water partition coefficient (Wildman–Crippen LogP) is 4.07. The summed E-state index contributed by atoms with van der Waals surface area (Å²) in [5.41, 5.74) is -1.43. The molecule has 2 aromatic rings. The minimum atomic E-state index is -1.09. The van der Waals surface area contributed by atoms with Crippen LogP contribution in [0.1, 0.15) is 20.7 Å². The van der Waals surface area contributed by atoms with E-state index in [9.17, 15) is 29.8 Å². The molecule has 0 spiro atoms. The molecule has 0 heterocycles. The first-order valence-electron chi connectivity index (χ1n) is 6.79. The van der Waals surface area contributed by atoms with Gasteiger partial charge < -0.3 is 4.74 Å². The van der Waals surface area contributed by atoms with Crippen molar-refractivity contribution in [3.05, 3.63) is 76.7 Å². The van der Waals surface area contributed by atoms with Gasteiger partial charge in [0.05, 0.1) is 15.4 Å². The summed E-state index contributed by atoms with van der Waals surface area (Å²) < 4.78 is 5.22. The molecular formula is C15H8Br2N2O7. The van der Waals surface area contributed by atoms with E-state index in [-0.39, 0.29) is 4.47 Å². The van der Waals surface area contributed by atoms with Crippen molar-refractivity contribution in [1.82, 2.24) is 0 Å². The van der Waals surface area contributed by atoms with E-state index in [1.54, 1.807) is 12.1 Å². The molecule has 0 aromatic heterocycles. The third-order valence-electron chi connectivity index (χ3n) is 3.16. The third-order valence-corrected chi connectivity index (χ3v) is 4.50. The van der Waals surface area contributed by atoms with Crippen LogP contribution in [0.2, 0.25) is 0 Å². The van der Waals surface area contributed by atoms with Crippen LogP contribution in [0.4, 0.5) is 11.4 Å². The van der Waals surface area contributed by atoms with Crippen LogP contribution in [0.15, 0.2) is 45.3 Å². The van der Waals surface area contributed by atoms with Crippen molar-refractivity contribution < 1.29 is 24.2 Å². The molecule has 0 unspecified atom stereocenters. The summed E-state index contributed by atoms with van der Waals surface area (Å²) >= 11 is 5.99. The Kier molecular flexibility index (Phi) is 6.16. The molecule has 0 amide bonds. The molecule has 26 heavy (non-hydrogen) atoms. The predicted molar refractivity (Wildman–Crippen MR) is 96.2 cm³/mol.